The van der Waals surface area contributed by atoms with E-state index in [2.05, 4.69) is 55.7 Å². The number of allylic oxidation sites excluding steroid dienone is 2. The number of hydrogen-bond acceptors (Lipinski definition) is 0. The first-order valence-electron chi connectivity index (χ1n) is 7.44. The van der Waals surface area contributed by atoms with Crippen molar-refractivity contribution in [2.24, 2.45) is 0 Å². The molecule has 2 heteroatoms. The van der Waals surface area contributed by atoms with Gasteiger partial charge in [0.25, 0.3) is 0 Å². The van der Waals surface area contributed by atoms with Crippen molar-refractivity contribution in [3.63, 3.8) is 0 Å². The Balaban J connectivity index is 2.09. The minimum absolute atomic E-state index is 0.277. The Bertz CT molecular complexity index is 741. The maximum Gasteiger partial charge on any atom is 0.206 e. The van der Waals surface area contributed by atoms with Crippen molar-refractivity contribution in [3.8, 4) is 0 Å². The summed E-state index contributed by atoms with van der Waals surface area (Å²) in [6.07, 6.45) is 11.0. The van der Waals surface area contributed by atoms with Crippen LogP contribution in [-0.4, -0.2) is 8.83 Å². The van der Waals surface area contributed by atoms with Gasteiger partial charge < -0.3 is 0 Å². The number of benzene rings is 2. The second-order valence-corrected chi connectivity index (χ2v) is 6.52. The van der Waals surface area contributed by atoms with Crippen LogP contribution in [0.5, 0.6) is 0 Å². The smallest absolute Gasteiger partial charge is 0.165 e. The molecule has 0 heterocycles. The van der Waals surface area contributed by atoms with Crippen LogP contribution in [-0.2, 0) is 0 Å². The summed E-state index contributed by atoms with van der Waals surface area (Å²) >= 11 is 6.11. The Labute approximate surface area is 146 Å². The highest BCUT2D eigenvalue weighted by Gasteiger charge is 1.97. The van der Waals surface area contributed by atoms with Gasteiger partial charge in [-0.15, -0.1) is 0 Å². The molecule has 0 spiro atoms. The summed E-state index contributed by atoms with van der Waals surface area (Å²) in [4.78, 5) is 0. The van der Waals surface area contributed by atoms with Gasteiger partial charge in [0.2, 0.25) is 8.83 Å². The quantitative estimate of drug-likeness (QED) is 0.413. The molecule has 0 N–H and O–H groups in total. The van der Waals surface area contributed by atoms with Crippen molar-refractivity contribution in [3.05, 3.63) is 95.2 Å². The highest BCUT2D eigenvalue weighted by molar-refractivity contribution is 6.98. The van der Waals surface area contributed by atoms with E-state index in [0.29, 0.717) is 0 Å². The number of halogens is 1. The monoisotopic (exact) mass is 334 g/mol. The lowest BCUT2D eigenvalue weighted by Gasteiger charge is -2.01. The molecule has 0 aromatic heterocycles. The van der Waals surface area contributed by atoms with Crippen molar-refractivity contribution >= 4 is 44.2 Å². The van der Waals surface area contributed by atoms with Crippen LogP contribution in [0, 0.1) is 0 Å². The largest absolute Gasteiger partial charge is 0.206 e. The van der Waals surface area contributed by atoms with Gasteiger partial charge in [0.05, 0.1) is 0 Å². The van der Waals surface area contributed by atoms with Gasteiger partial charge in [-0.05, 0) is 40.8 Å². The zero-order valence-electron chi connectivity index (χ0n) is 13.0. The fourth-order valence-corrected chi connectivity index (χ4v) is 3.02. The summed E-state index contributed by atoms with van der Waals surface area (Å²) in [6.45, 7) is 7.60. The van der Waals surface area contributed by atoms with Gasteiger partial charge >= 0.3 is 0 Å². The van der Waals surface area contributed by atoms with Crippen LogP contribution in [0.2, 0.25) is 0 Å². The van der Waals surface area contributed by atoms with Crippen molar-refractivity contribution < 1.29 is 0 Å². The van der Waals surface area contributed by atoms with E-state index in [1.165, 1.54) is 10.8 Å². The van der Waals surface area contributed by atoms with Gasteiger partial charge in [0, 0.05) is 0 Å². The maximum atomic E-state index is 6.11. The van der Waals surface area contributed by atoms with Crippen molar-refractivity contribution in [1.29, 1.82) is 0 Å². The van der Waals surface area contributed by atoms with E-state index in [9.17, 15) is 0 Å². The van der Waals surface area contributed by atoms with Crippen LogP contribution in [0.3, 0.4) is 0 Å². The second-order valence-electron chi connectivity index (χ2n) is 5.12. The molecule has 0 saturated carbocycles. The van der Waals surface area contributed by atoms with E-state index in [-0.39, 0.29) is 8.83 Å². The van der Waals surface area contributed by atoms with Crippen molar-refractivity contribution in [2.45, 2.75) is 6.42 Å². The van der Waals surface area contributed by atoms with E-state index < -0.39 is 0 Å². The molecule has 2 radical (unpaired) electrons. The van der Waals surface area contributed by atoms with Crippen LogP contribution in [0.1, 0.15) is 28.7 Å². The van der Waals surface area contributed by atoms with Crippen LogP contribution in [0.15, 0.2) is 73.0 Å². The van der Waals surface area contributed by atoms with Gasteiger partial charge in [-0.25, -0.2) is 0 Å². The minimum Gasteiger partial charge on any atom is -0.165 e. The van der Waals surface area contributed by atoms with Crippen molar-refractivity contribution in [1.82, 2.24) is 0 Å². The van der Waals surface area contributed by atoms with E-state index in [0.717, 1.165) is 23.1 Å². The molecule has 0 fully saturated rings. The molecule has 2 aromatic carbocycles. The summed E-state index contributed by atoms with van der Waals surface area (Å²) in [5, 5.41) is 1.21. The normalized spacial score (nSPS) is 11.6. The van der Waals surface area contributed by atoms with Gasteiger partial charge in [-0.3, -0.25) is 0 Å². The molecule has 0 saturated heterocycles. The van der Waals surface area contributed by atoms with Crippen LogP contribution in [0.25, 0.3) is 24.3 Å². The third-order valence-electron chi connectivity index (χ3n) is 3.40. The number of rotatable bonds is 7. The first-order valence-corrected chi connectivity index (χ1v) is 9.45. The first kappa shape index (κ1) is 17.3. The molecule has 0 amide bonds. The fourth-order valence-electron chi connectivity index (χ4n) is 2.21. The van der Waals surface area contributed by atoms with E-state index >= 15 is 0 Å². The molecule has 2 aromatic rings. The van der Waals surface area contributed by atoms with Gasteiger partial charge in [-0.1, -0.05) is 85.1 Å². The molecule has 0 atom stereocenters. The zero-order valence-corrected chi connectivity index (χ0v) is 14.8. The predicted octanol–water partition coefficient (Wildman–Crippen LogP) is 6.28. The molecule has 0 bridgehead atoms. The highest BCUT2D eigenvalue weighted by Crippen LogP contribution is 2.15. The summed E-state index contributed by atoms with van der Waals surface area (Å²) in [6, 6.07) is 16.6. The van der Waals surface area contributed by atoms with Gasteiger partial charge in [0.1, 0.15) is 0 Å². The summed E-state index contributed by atoms with van der Waals surface area (Å²) in [5.41, 5.74) is 4.58. The summed E-state index contributed by atoms with van der Waals surface area (Å²) < 4.78 is 0. The third kappa shape index (κ3) is 5.55. The zero-order chi connectivity index (χ0) is 16.5. The lowest BCUT2D eigenvalue weighted by molar-refractivity contribution is 1.37. The molecule has 0 aliphatic carbocycles. The lowest BCUT2D eigenvalue weighted by Crippen LogP contribution is -1.88. The Morgan fingerprint density at radius 1 is 0.913 bits per heavy atom. The first-order chi connectivity index (χ1) is 11.2. The summed E-state index contributed by atoms with van der Waals surface area (Å²) in [5.74, 6) is 0. The molecule has 114 valence electrons. The standard InChI is InChI=1S/C21H19ClSi/c1-3-17-8-5-10-19(14-17)11-7-13-21(23-22)16-20-12-6-9-18(4-2)15-20/h3-12,14-16H,1-2,13H2. The molecule has 0 nitrogen and oxygen atoms in total. The third-order valence-corrected chi connectivity index (χ3v) is 4.72. The second kappa shape index (κ2) is 9.14. The minimum atomic E-state index is 0.277. The molecular weight excluding hydrogens is 316 g/mol. The van der Waals surface area contributed by atoms with E-state index in [1.54, 1.807) is 0 Å². The lowest BCUT2D eigenvalue weighted by atomic mass is 10.1. The summed E-state index contributed by atoms with van der Waals surface area (Å²) in [7, 11) is 0.277. The fraction of sp³-hybridized carbons (Fsp3) is 0.0476. The number of hydrogen-bond donors (Lipinski definition) is 0. The maximum absolute atomic E-state index is 6.11. The molecular formula is C21H19ClSi. The van der Waals surface area contributed by atoms with Crippen LogP contribution >= 0.6 is 11.1 Å². The van der Waals surface area contributed by atoms with Crippen molar-refractivity contribution in [2.75, 3.05) is 0 Å². The average molecular weight is 335 g/mol. The Kier molecular flexibility index (Phi) is 6.86. The Hall–Kier alpha value is -2.09. The molecule has 0 unspecified atom stereocenters. The van der Waals surface area contributed by atoms with Crippen LogP contribution in [0.4, 0.5) is 0 Å². The molecule has 2 rings (SSSR count). The predicted molar refractivity (Wildman–Crippen MR) is 106 cm³/mol. The molecule has 0 aliphatic heterocycles. The molecule has 0 aliphatic rings. The molecule has 23 heavy (non-hydrogen) atoms. The van der Waals surface area contributed by atoms with Gasteiger partial charge in [-0.2, -0.15) is 11.1 Å². The Morgan fingerprint density at radius 2 is 1.48 bits per heavy atom. The topological polar surface area (TPSA) is 0 Å². The van der Waals surface area contributed by atoms with E-state index in [1.807, 2.05) is 36.4 Å². The van der Waals surface area contributed by atoms with Gasteiger partial charge in [0.15, 0.2) is 0 Å². The van der Waals surface area contributed by atoms with Crippen LogP contribution < -0.4 is 0 Å². The highest BCUT2D eigenvalue weighted by atomic mass is 35.6. The SMILES string of the molecule is C=Cc1cccc(C=CCC(=Cc2cccc(C=C)c2)[Si]Cl)c1. The Morgan fingerprint density at radius 3 is 2.09 bits per heavy atom. The van der Waals surface area contributed by atoms with E-state index in [4.69, 9.17) is 11.1 Å². The average Bonchev–Trinajstić information content (AvgIpc) is 2.61.